The van der Waals surface area contributed by atoms with Crippen LogP contribution in [-0.4, -0.2) is 48.5 Å². The van der Waals surface area contributed by atoms with Crippen LogP contribution in [0.3, 0.4) is 0 Å². The van der Waals surface area contributed by atoms with Crippen LogP contribution < -0.4 is 4.80 Å². The Morgan fingerprint density at radius 2 is 1.72 bits per heavy atom. The van der Waals surface area contributed by atoms with Gasteiger partial charge in [0.15, 0.2) is 4.80 Å². The Kier molecular flexibility index (Phi) is 6.10. The number of hydrogen-bond donors (Lipinski definition) is 0. The van der Waals surface area contributed by atoms with E-state index in [1.165, 1.54) is 39.9 Å². The van der Waals surface area contributed by atoms with Gasteiger partial charge >= 0.3 is 0 Å². The first kappa shape index (κ1) is 22.8. The molecule has 1 saturated heterocycles. The fourth-order valence-electron chi connectivity index (χ4n) is 4.07. The summed E-state index contributed by atoms with van der Waals surface area (Å²) in [7, 11) is -1.76. The predicted octanol–water partition coefficient (Wildman–Crippen LogP) is 3.40. The van der Waals surface area contributed by atoms with Crippen LogP contribution in [0.25, 0.3) is 10.2 Å². The molecule has 2 atom stereocenters. The van der Waals surface area contributed by atoms with E-state index in [1.807, 2.05) is 39.3 Å². The maximum Gasteiger partial charge on any atom is 0.279 e. The average molecular weight is 474 g/mol. The number of benzene rings is 2. The van der Waals surface area contributed by atoms with Crippen molar-refractivity contribution in [2.24, 2.45) is 12.0 Å². The summed E-state index contributed by atoms with van der Waals surface area (Å²) in [5, 5.41) is 0. The zero-order valence-electron chi connectivity index (χ0n) is 18.8. The standard InChI is InChI=1S/C23H27N3O4S2/c1-14-10-15(2)21-20(11-14)25(5)23(31-21)24-22(27)18-6-8-19(9-7-18)32(28,29)26-12-16(3)30-17(4)13-26/h6-11,16-17H,12-13H2,1-5H3/t16-,17-/m1/s1. The van der Waals surface area contributed by atoms with Gasteiger partial charge in [0, 0.05) is 25.7 Å². The van der Waals surface area contributed by atoms with Crippen molar-refractivity contribution in [2.45, 2.75) is 44.8 Å². The van der Waals surface area contributed by atoms with E-state index in [1.54, 1.807) is 0 Å². The van der Waals surface area contributed by atoms with Gasteiger partial charge in [-0.25, -0.2) is 8.42 Å². The summed E-state index contributed by atoms with van der Waals surface area (Å²) in [6, 6.07) is 10.2. The average Bonchev–Trinajstić information content (AvgIpc) is 3.03. The van der Waals surface area contributed by atoms with E-state index < -0.39 is 15.9 Å². The molecule has 2 aromatic carbocycles. The van der Waals surface area contributed by atoms with Crippen molar-refractivity contribution >= 4 is 37.5 Å². The van der Waals surface area contributed by atoms with Crippen LogP contribution in [-0.2, 0) is 21.8 Å². The van der Waals surface area contributed by atoms with Gasteiger partial charge in [-0.15, -0.1) is 0 Å². The molecule has 1 aliphatic heterocycles. The Bertz CT molecular complexity index is 1340. The lowest BCUT2D eigenvalue weighted by Crippen LogP contribution is -2.48. The summed E-state index contributed by atoms with van der Waals surface area (Å²) < 4.78 is 36.1. The number of ether oxygens (including phenoxy) is 1. The summed E-state index contributed by atoms with van der Waals surface area (Å²) in [6.45, 7) is 8.43. The molecule has 0 radical (unpaired) electrons. The predicted molar refractivity (Wildman–Crippen MR) is 125 cm³/mol. The molecular weight excluding hydrogens is 446 g/mol. The van der Waals surface area contributed by atoms with Gasteiger partial charge < -0.3 is 9.30 Å². The Morgan fingerprint density at radius 1 is 1.09 bits per heavy atom. The number of morpholine rings is 1. The van der Waals surface area contributed by atoms with Crippen LogP contribution in [0.15, 0.2) is 46.3 Å². The van der Waals surface area contributed by atoms with Gasteiger partial charge in [-0.1, -0.05) is 17.4 Å². The lowest BCUT2D eigenvalue weighted by Gasteiger charge is -2.34. The van der Waals surface area contributed by atoms with Gasteiger partial charge in [0.1, 0.15) is 0 Å². The number of aryl methyl sites for hydroxylation is 3. The van der Waals surface area contributed by atoms with Crippen molar-refractivity contribution in [3.05, 3.63) is 57.9 Å². The van der Waals surface area contributed by atoms with Gasteiger partial charge in [-0.3, -0.25) is 4.79 Å². The zero-order chi connectivity index (χ0) is 23.2. The highest BCUT2D eigenvalue weighted by Gasteiger charge is 2.32. The van der Waals surface area contributed by atoms with E-state index in [0.29, 0.717) is 23.5 Å². The molecule has 1 aliphatic rings. The van der Waals surface area contributed by atoms with Crippen LogP contribution >= 0.6 is 11.3 Å². The molecule has 0 bridgehead atoms. The van der Waals surface area contributed by atoms with Crippen LogP contribution in [0.2, 0.25) is 0 Å². The number of aromatic nitrogens is 1. The van der Waals surface area contributed by atoms with E-state index in [2.05, 4.69) is 17.1 Å². The summed E-state index contributed by atoms with van der Waals surface area (Å²) >= 11 is 1.47. The van der Waals surface area contributed by atoms with Gasteiger partial charge in [0.05, 0.1) is 27.3 Å². The summed E-state index contributed by atoms with van der Waals surface area (Å²) in [4.78, 5) is 17.9. The van der Waals surface area contributed by atoms with Crippen LogP contribution in [0.4, 0.5) is 0 Å². The maximum atomic E-state index is 13.0. The highest BCUT2D eigenvalue weighted by molar-refractivity contribution is 7.89. The van der Waals surface area contributed by atoms with Crippen molar-refractivity contribution < 1.29 is 17.9 Å². The van der Waals surface area contributed by atoms with Crippen molar-refractivity contribution in [1.29, 1.82) is 0 Å². The molecule has 0 spiro atoms. The Balaban J connectivity index is 1.62. The van der Waals surface area contributed by atoms with Gasteiger partial charge in [-0.2, -0.15) is 9.30 Å². The minimum atomic E-state index is -3.65. The SMILES string of the molecule is Cc1cc(C)c2sc(=NC(=O)c3ccc(S(=O)(=O)N4C[C@@H](C)O[C@H](C)C4)cc3)n(C)c2c1. The minimum Gasteiger partial charge on any atom is -0.373 e. The summed E-state index contributed by atoms with van der Waals surface area (Å²) in [5.74, 6) is -0.404. The Morgan fingerprint density at radius 3 is 2.34 bits per heavy atom. The highest BCUT2D eigenvalue weighted by Crippen LogP contribution is 2.24. The van der Waals surface area contributed by atoms with Crippen molar-refractivity contribution in [1.82, 2.24) is 8.87 Å². The summed E-state index contributed by atoms with van der Waals surface area (Å²) in [6.07, 6.45) is -0.328. The molecule has 0 unspecified atom stereocenters. The molecule has 4 rings (SSSR count). The molecule has 32 heavy (non-hydrogen) atoms. The number of rotatable bonds is 3. The maximum absolute atomic E-state index is 13.0. The van der Waals surface area contributed by atoms with E-state index in [-0.39, 0.29) is 17.1 Å². The molecule has 0 aliphatic carbocycles. The van der Waals surface area contributed by atoms with E-state index in [9.17, 15) is 13.2 Å². The second kappa shape index (κ2) is 8.55. The molecule has 1 aromatic heterocycles. The van der Waals surface area contributed by atoms with Crippen molar-refractivity contribution in [3.63, 3.8) is 0 Å². The molecule has 0 saturated carbocycles. The largest absolute Gasteiger partial charge is 0.373 e. The lowest BCUT2D eigenvalue weighted by molar-refractivity contribution is -0.0440. The number of amides is 1. The number of carbonyl (C=O) groups is 1. The Labute approximate surface area is 192 Å². The molecule has 2 heterocycles. The molecule has 9 heteroatoms. The fraction of sp³-hybridized carbons (Fsp3) is 0.391. The first-order valence-corrected chi connectivity index (χ1v) is 12.7. The third kappa shape index (κ3) is 4.30. The highest BCUT2D eigenvalue weighted by atomic mass is 32.2. The zero-order valence-corrected chi connectivity index (χ0v) is 20.5. The fourth-order valence-corrected chi connectivity index (χ4v) is 6.73. The second-order valence-electron chi connectivity index (χ2n) is 8.39. The number of sulfonamides is 1. The molecule has 0 N–H and O–H groups in total. The first-order valence-electron chi connectivity index (χ1n) is 10.5. The number of hydrogen-bond acceptors (Lipinski definition) is 5. The third-order valence-electron chi connectivity index (χ3n) is 5.56. The third-order valence-corrected chi connectivity index (χ3v) is 8.69. The smallest absolute Gasteiger partial charge is 0.279 e. The second-order valence-corrected chi connectivity index (χ2v) is 11.3. The number of carbonyl (C=O) groups excluding carboxylic acids is 1. The topological polar surface area (TPSA) is 81.0 Å². The molecule has 1 amide bonds. The Hall–Kier alpha value is -2.33. The van der Waals surface area contributed by atoms with Crippen LogP contribution in [0.1, 0.15) is 35.3 Å². The quantitative estimate of drug-likeness (QED) is 0.584. The first-order chi connectivity index (χ1) is 15.1. The van der Waals surface area contributed by atoms with Crippen molar-refractivity contribution in [3.8, 4) is 0 Å². The van der Waals surface area contributed by atoms with E-state index in [4.69, 9.17) is 4.74 Å². The van der Waals surface area contributed by atoms with Crippen LogP contribution in [0, 0.1) is 13.8 Å². The van der Waals surface area contributed by atoms with E-state index in [0.717, 1.165) is 21.3 Å². The normalized spacial score (nSPS) is 20.7. The number of thiazole rings is 1. The lowest BCUT2D eigenvalue weighted by atomic mass is 10.1. The summed E-state index contributed by atoms with van der Waals surface area (Å²) in [5.41, 5.74) is 3.69. The van der Waals surface area contributed by atoms with E-state index >= 15 is 0 Å². The molecule has 3 aromatic rings. The van der Waals surface area contributed by atoms with Crippen LogP contribution in [0.5, 0.6) is 0 Å². The number of nitrogens with zero attached hydrogens (tertiary/aromatic N) is 3. The monoisotopic (exact) mass is 473 g/mol. The molecule has 1 fully saturated rings. The molecule has 170 valence electrons. The minimum absolute atomic E-state index is 0.161. The van der Waals surface area contributed by atoms with Gasteiger partial charge in [-0.05, 0) is 69.2 Å². The van der Waals surface area contributed by atoms with Crippen molar-refractivity contribution in [2.75, 3.05) is 13.1 Å². The molecule has 7 nitrogen and oxygen atoms in total. The van der Waals surface area contributed by atoms with Gasteiger partial charge in [0.2, 0.25) is 10.0 Å². The number of fused-ring (bicyclic) bond motifs is 1. The molecular formula is C23H27N3O4S2. The van der Waals surface area contributed by atoms with Gasteiger partial charge in [0.25, 0.3) is 5.91 Å².